The summed E-state index contributed by atoms with van der Waals surface area (Å²) in [7, 11) is 0. The molecular weight excluding hydrogens is 424 g/mol. The first-order chi connectivity index (χ1) is 15.6. The van der Waals surface area contributed by atoms with E-state index in [1.165, 1.54) is 0 Å². The molecule has 0 aliphatic rings. The van der Waals surface area contributed by atoms with E-state index in [9.17, 15) is 4.79 Å². The van der Waals surface area contributed by atoms with Gasteiger partial charge < -0.3 is 5.32 Å². The van der Waals surface area contributed by atoms with Gasteiger partial charge in [0.1, 0.15) is 11.5 Å². The van der Waals surface area contributed by atoms with Gasteiger partial charge in [-0.1, -0.05) is 23.7 Å². The normalized spacial score (nSPS) is 10.9. The minimum Gasteiger partial charge on any atom is -0.307 e. The van der Waals surface area contributed by atoms with E-state index in [0.29, 0.717) is 22.1 Å². The van der Waals surface area contributed by atoms with E-state index < -0.39 is 0 Å². The van der Waals surface area contributed by atoms with Crippen LogP contribution in [0, 0.1) is 6.92 Å². The third-order valence-corrected chi connectivity index (χ3v) is 5.20. The van der Waals surface area contributed by atoms with E-state index in [4.69, 9.17) is 16.6 Å². The average molecular weight is 441 g/mol. The molecule has 0 bridgehead atoms. The molecule has 1 amide bonds. The number of nitrogens with zero attached hydrogens (tertiary/aromatic N) is 5. The number of aromatic nitrogens is 5. The van der Waals surface area contributed by atoms with Gasteiger partial charge in [-0.15, -0.1) is 0 Å². The number of pyridine rings is 2. The zero-order chi connectivity index (χ0) is 22.1. The second-order valence-corrected chi connectivity index (χ2v) is 7.62. The maximum absolute atomic E-state index is 12.7. The first-order valence-corrected chi connectivity index (χ1v) is 10.3. The quantitative estimate of drug-likeness (QED) is 0.422. The number of amides is 1. The third-order valence-electron chi connectivity index (χ3n) is 4.94. The number of benzene rings is 1. The first-order valence-electron chi connectivity index (χ1n) is 9.88. The zero-order valence-corrected chi connectivity index (χ0v) is 17.8. The van der Waals surface area contributed by atoms with Crippen LogP contribution in [-0.2, 0) is 0 Å². The van der Waals surface area contributed by atoms with Gasteiger partial charge in [0.25, 0.3) is 5.91 Å². The van der Waals surface area contributed by atoms with E-state index in [2.05, 4.69) is 20.4 Å². The summed E-state index contributed by atoms with van der Waals surface area (Å²) in [4.78, 5) is 25.9. The second kappa shape index (κ2) is 8.20. The largest absolute Gasteiger partial charge is 0.307 e. The summed E-state index contributed by atoms with van der Waals surface area (Å²) in [5.74, 6) is 0.171. The van der Waals surface area contributed by atoms with Crippen LogP contribution in [0.4, 0.5) is 5.82 Å². The highest BCUT2D eigenvalue weighted by Crippen LogP contribution is 2.33. The van der Waals surface area contributed by atoms with Gasteiger partial charge in [0.15, 0.2) is 5.65 Å². The Morgan fingerprint density at radius 1 is 0.938 bits per heavy atom. The number of hydrogen-bond acceptors (Lipinski definition) is 5. The van der Waals surface area contributed by atoms with E-state index >= 15 is 0 Å². The molecule has 1 aromatic carbocycles. The standard InChI is InChI=1S/C24H17ClN6O/c1-15-13-18(9-11-26-15)24(32)29-20-14-17(8-12-27-20)23-22(16-4-6-19(25)7-5-16)30-21-3-2-10-28-31(21)23/h2-14H,1H3,(H,27,29,32). The number of carbonyl (C=O) groups excluding carboxylic acids is 1. The van der Waals surface area contributed by atoms with Crippen molar-refractivity contribution in [2.75, 3.05) is 5.32 Å². The van der Waals surface area contributed by atoms with Crippen molar-refractivity contribution in [1.29, 1.82) is 0 Å². The Bertz CT molecular complexity index is 1440. The number of halogens is 1. The second-order valence-electron chi connectivity index (χ2n) is 7.18. The Hall–Kier alpha value is -4.10. The van der Waals surface area contributed by atoms with Gasteiger partial charge in [-0.25, -0.2) is 14.5 Å². The van der Waals surface area contributed by atoms with Crippen LogP contribution in [0.1, 0.15) is 16.1 Å². The molecule has 0 radical (unpaired) electrons. The van der Waals surface area contributed by atoms with Crippen LogP contribution in [-0.4, -0.2) is 30.5 Å². The van der Waals surface area contributed by atoms with Crippen LogP contribution in [0.2, 0.25) is 5.02 Å². The summed E-state index contributed by atoms with van der Waals surface area (Å²) in [5, 5.41) is 7.99. The van der Waals surface area contributed by atoms with Crippen LogP contribution in [0.15, 0.2) is 79.3 Å². The zero-order valence-electron chi connectivity index (χ0n) is 17.0. The molecule has 0 aliphatic carbocycles. The van der Waals surface area contributed by atoms with Gasteiger partial charge in [-0.2, -0.15) is 5.10 Å². The highest BCUT2D eigenvalue weighted by molar-refractivity contribution is 6.30. The molecule has 4 heterocycles. The van der Waals surface area contributed by atoms with Crippen molar-refractivity contribution in [3.05, 3.63) is 95.5 Å². The van der Waals surface area contributed by atoms with Crippen molar-refractivity contribution in [1.82, 2.24) is 24.6 Å². The van der Waals surface area contributed by atoms with Crippen molar-refractivity contribution >= 4 is 29.0 Å². The van der Waals surface area contributed by atoms with Crippen LogP contribution >= 0.6 is 11.6 Å². The molecule has 4 aromatic heterocycles. The van der Waals surface area contributed by atoms with Crippen molar-refractivity contribution in [3.8, 4) is 22.5 Å². The Morgan fingerprint density at radius 2 is 1.75 bits per heavy atom. The topological polar surface area (TPSA) is 85.1 Å². The molecule has 0 atom stereocenters. The van der Waals surface area contributed by atoms with Crippen LogP contribution in [0.3, 0.4) is 0 Å². The lowest BCUT2D eigenvalue weighted by Crippen LogP contribution is -2.13. The molecule has 7 nitrogen and oxygen atoms in total. The fraction of sp³-hybridized carbons (Fsp3) is 0.0417. The molecule has 1 N–H and O–H groups in total. The molecule has 0 aliphatic heterocycles. The van der Waals surface area contributed by atoms with Gasteiger partial charge in [0.05, 0.1) is 5.69 Å². The van der Waals surface area contributed by atoms with Crippen molar-refractivity contribution in [2.24, 2.45) is 0 Å². The number of imidazole rings is 1. The predicted molar refractivity (Wildman–Crippen MR) is 124 cm³/mol. The number of nitrogens with one attached hydrogen (secondary N) is 1. The molecule has 5 rings (SSSR count). The van der Waals surface area contributed by atoms with Gasteiger partial charge in [0, 0.05) is 46.0 Å². The minimum atomic E-state index is -0.255. The van der Waals surface area contributed by atoms with Crippen molar-refractivity contribution in [3.63, 3.8) is 0 Å². The lowest BCUT2D eigenvalue weighted by atomic mass is 10.1. The number of fused-ring (bicyclic) bond motifs is 1. The monoisotopic (exact) mass is 440 g/mol. The van der Waals surface area contributed by atoms with E-state index in [-0.39, 0.29) is 5.91 Å². The SMILES string of the molecule is Cc1cc(C(=O)Nc2cc(-c3c(-c4ccc(Cl)cc4)nc4cccnn34)ccn2)ccn1. The van der Waals surface area contributed by atoms with Crippen LogP contribution in [0.25, 0.3) is 28.2 Å². The summed E-state index contributed by atoms with van der Waals surface area (Å²) in [5.41, 5.74) is 5.27. The highest BCUT2D eigenvalue weighted by Gasteiger charge is 2.18. The Balaban J connectivity index is 1.58. The molecule has 0 fully saturated rings. The van der Waals surface area contributed by atoms with E-state index in [0.717, 1.165) is 28.2 Å². The first kappa shape index (κ1) is 19.8. The molecule has 0 saturated carbocycles. The third kappa shape index (κ3) is 3.81. The number of rotatable bonds is 4. The van der Waals surface area contributed by atoms with Gasteiger partial charge in [-0.05, 0) is 55.5 Å². The Morgan fingerprint density at radius 3 is 2.56 bits per heavy atom. The Kier molecular flexibility index (Phi) is 5.09. The summed E-state index contributed by atoms with van der Waals surface area (Å²) in [6.45, 7) is 1.84. The fourth-order valence-electron chi connectivity index (χ4n) is 3.48. The van der Waals surface area contributed by atoms with Crippen molar-refractivity contribution < 1.29 is 4.79 Å². The highest BCUT2D eigenvalue weighted by atomic mass is 35.5. The average Bonchev–Trinajstić information content (AvgIpc) is 3.19. The number of carbonyl (C=O) groups is 1. The summed E-state index contributed by atoms with van der Waals surface area (Å²) in [6.07, 6.45) is 4.97. The molecule has 0 spiro atoms. The molecular formula is C24H17ClN6O. The molecule has 0 unspecified atom stereocenters. The predicted octanol–water partition coefficient (Wildman–Crippen LogP) is 5.07. The van der Waals surface area contributed by atoms with Crippen LogP contribution in [0.5, 0.6) is 0 Å². The van der Waals surface area contributed by atoms with Gasteiger partial charge in [-0.3, -0.25) is 9.78 Å². The van der Waals surface area contributed by atoms with E-state index in [1.54, 1.807) is 35.2 Å². The summed E-state index contributed by atoms with van der Waals surface area (Å²) >= 11 is 6.07. The van der Waals surface area contributed by atoms with Crippen molar-refractivity contribution in [2.45, 2.75) is 6.92 Å². The van der Waals surface area contributed by atoms with E-state index in [1.807, 2.05) is 55.5 Å². The number of aryl methyl sites for hydroxylation is 1. The lowest BCUT2D eigenvalue weighted by Gasteiger charge is -2.09. The maximum atomic E-state index is 12.7. The fourth-order valence-corrected chi connectivity index (χ4v) is 3.60. The smallest absolute Gasteiger partial charge is 0.256 e. The van der Waals surface area contributed by atoms with Gasteiger partial charge in [0.2, 0.25) is 0 Å². The molecule has 156 valence electrons. The molecule has 5 aromatic rings. The molecule has 0 saturated heterocycles. The van der Waals surface area contributed by atoms with Gasteiger partial charge >= 0.3 is 0 Å². The summed E-state index contributed by atoms with van der Waals surface area (Å²) < 4.78 is 1.77. The molecule has 32 heavy (non-hydrogen) atoms. The molecule has 8 heteroatoms. The summed E-state index contributed by atoms with van der Waals surface area (Å²) in [6, 6.07) is 18.3. The Labute approximate surface area is 188 Å². The maximum Gasteiger partial charge on any atom is 0.256 e. The number of anilines is 1. The lowest BCUT2D eigenvalue weighted by molar-refractivity contribution is 0.102. The van der Waals surface area contributed by atoms with Crippen LogP contribution < -0.4 is 5.32 Å². The minimum absolute atomic E-state index is 0.255. The number of hydrogen-bond donors (Lipinski definition) is 1.